The monoisotopic (exact) mass is 341 g/mol. The molecule has 0 spiro atoms. The number of aromatic nitrogens is 1. The van der Waals surface area contributed by atoms with Crippen molar-refractivity contribution in [1.29, 1.82) is 0 Å². The highest BCUT2D eigenvalue weighted by Crippen LogP contribution is 2.21. The quantitative estimate of drug-likeness (QED) is 0.543. The molecule has 0 aliphatic rings. The third kappa shape index (κ3) is 2.90. The topological polar surface area (TPSA) is 53.1 Å². The van der Waals surface area contributed by atoms with Crippen molar-refractivity contribution in [2.24, 2.45) is 0 Å². The van der Waals surface area contributed by atoms with Crippen LogP contribution in [0.1, 0.15) is 16.1 Å². The molecule has 21 heavy (non-hydrogen) atoms. The summed E-state index contributed by atoms with van der Waals surface area (Å²) in [6.07, 6.45) is 3.16. The summed E-state index contributed by atoms with van der Waals surface area (Å²) in [6.45, 7) is 0. The van der Waals surface area contributed by atoms with Crippen LogP contribution in [0.2, 0.25) is 0 Å². The summed E-state index contributed by atoms with van der Waals surface area (Å²) in [5, 5.41) is 10.7. The third-order valence-corrected chi connectivity index (χ3v) is 3.68. The van der Waals surface area contributed by atoms with Crippen molar-refractivity contribution in [3.63, 3.8) is 0 Å². The van der Waals surface area contributed by atoms with Crippen molar-refractivity contribution >= 4 is 38.7 Å². The summed E-state index contributed by atoms with van der Waals surface area (Å²) in [4.78, 5) is 15.3. The van der Waals surface area contributed by atoms with E-state index in [4.69, 9.17) is 0 Å². The molecular formula is C17H12BrNO2. The van der Waals surface area contributed by atoms with Crippen LogP contribution in [0, 0.1) is 0 Å². The van der Waals surface area contributed by atoms with E-state index in [1.807, 2.05) is 24.3 Å². The number of aromatic amines is 1. The number of carbonyl (C=O) groups is 1. The number of phenolic OH excluding ortho intramolecular Hbond substituents is 1. The molecule has 2 N–H and O–H groups in total. The average molecular weight is 342 g/mol. The van der Waals surface area contributed by atoms with Gasteiger partial charge < -0.3 is 10.1 Å². The lowest BCUT2D eigenvalue weighted by molar-refractivity contribution is 0.104. The Labute approximate surface area is 130 Å². The SMILES string of the molecule is O=C(/C=C/c1cc2ccc(Br)cc2[nH]1)c1ccccc1O. The second kappa shape index (κ2) is 5.58. The Morgan fingerprint density at radius 2 is 1.95 bits per heavy atom. The van der Waals surface area contributed by atoms with Gasteiger partial charge in [0.1, 0.15) is 5.75 Å². The molecule has 0 saturated heterocycles. The normalized spacial score (nSPS) is 11.3. The van der Waals surface area contributed by atoms with Crippen LogP contribution in [0.3, 0.4) is 0 Å². The number of rotatable bonds is 3. The molecule has 3 nitrogen and oxygen atoms in total. The molecule has 0 radical (unpaired) electrons. The van der Waals surface area contributed by atoms with E-state index in [2.05, 4.69) is 20.9 Å². The molecule has 104 valence electrons. The molecule has 0 aliphatic heterocycles. The number of benzene rings is 2. The van der Waals surface area contributed by atoms with E-state index >= 15 is 0 Å². The highest BCUT2D eigenvalue weighted by molar-refractivity contribution is 9.10. The largest absolute Gasteiger partial charge is 0.507 e. The molecule has 3 rings (SSSR count). The van der Waals surface area contributed by atoms with Gasteiger partial charge in [-0.15, -0.1) is 0 Å². The minimum Gasteiger partial charge on any atom is -0.507 e. The van der Waals surface area contributed by atoms with Crippen LogP contribution in [0.25, 0.3) is 17.0 Å². The molecule has 1 heterocycles. The van der Waals surface area contributed by atoms with Crippen LogP contribution in [0.15, 0.2) is 59.1 Å². The number of para-hydroxylation sites is 1. The maximum absolute atomic E-state index is 12.0. The van der Waals surface area contributed by atoms with Gasteiger partial charge in [0.2, 0.25) is 0 Å². The highest BCUT2D eigenvalue weighted by Gasteiger charge is 2.06. The van der Waals surface area contributed by atoms with E-state index in [9.17, 15) is 9.90 Å². The molecule has 1 aromatic heterocycles. The van der Waals surface area contributed by atoms with Gasteiger partial charge in [0, 0.05) is 21.1 Å². The van der Waals surface area contributed by atoms with Gasteiger partial charge in [0.25, 0.3) is 0 Å². The molecule has 2 aromatic carbocycles. The van der Waals surface area contributed by atoms with E-state index in [0.717, 1.165) is 21.1 Å². The van der Waals surface area contributed by atoms with Gasteiger partial charge >= 0.3 is 0 Å². The predicted octanol–water partition coefficient (Wildman–Crippen LogP) is 4.53. The number of fused-ring (bicyclic) bond motifs is 1. The average Bonchev–Trinajstić information content (AvgIpc) is 2.87. The number of aromatic hydroxyl groups is 1. The number of nitrogens with one attached hydrogen (secondary N) is 1. The fraction of sp³-hybridized carbons (Fsp3) is 0. The van der Waals surface area contributed by atoms with Crippen LogP contribution < -0.4 is 0 Å². The van der Waals surface area contributed by atoms with Crippen LogP contribution in [-0.4, -0.2) is 15.9 Å². The Morgan fingerprint density at radius 3 is 2.76 bits per heavy atom. The molecule has 0 unspecified atom stereocenters. The maximum Gasteiger partial charge on any atom is 0.189 e. The zero-order valence-electron chi connectivity index (χ0n) is 11.0. The molecule has 0 saturated carbocycles. The van der Waals surface area contributed by atoms with E-state index in [-0.39, 0.29) is 11.5 Å². The van der Waals surface area contributed by atoms with Gasteiger partial charge in [-0.2, -0.15) is 0 Å². The number of hydrogen-bond acceptors (Lipinski definition) is 2. The molecular weight excluding hydrogens is 330 g/mol. The van der Waals surface area contributed by atoms with E-state index < -0.39 is 0 Å². The Hall–Kier alpha value is -2.33. The maximum atomic E-state index is 12.0. The first kappa shape index (κ1) is 13.6. The van der Waals surface area contributed by atoms with E-state index in [1.54, 1.807) is 24.3 Å². The Kier molecular flexibility index (Phi) is 3.62. The van der Waals surface area contributed by atoms with Crippen molar-refractivity contribution < 1.29 is 9.90 Å². The minimum atomic E-state index is -0.229. The van der Waals surface area contributed by atoms with Gasteiger partial charge in [0.05, 0.1) is 5.56 Å². The zero-order chi connectivity index (χ0) is 14.8. The molecule has 0 amide bonds. The van der Waals surface area contributed by atoms with Crippen molar-refractivity contribution in [3.8, 4) is 5.75 Å². The summed E-state index contributed by atoms with van der Waals surface area (Å²) in [5.74, 6) is -0.235. The second-order valence-electron chi connectivity index (χ2n) is 4.67. The molecule has 4 heteroatoms. The number of phenols is 1. The lowest BCUT2D eigenvalue weighted by Crippen LogP contribution is -1.94. The van der Waals surface area contributed by atoms with E-state index in [0.29, 0.717) is 5.56 Å². The smallest absolute Gasteiger partial charge is 0.189 e. The lowest BCUT2D eigenvalue weighted by Gasteiger charge is -1.98. The molecule has 0 bridgehead atoms. The van der Waals surface area contributed by atoms with Gasteiger partial charge in [-0.3, -0.25) is 4.79 Å². The fourth-order valence-electron chi connectivity index (χ4n) is 2.15. The number of H-pyrrole nitrogens is 1. The van der Waals surface area contributed by atoms with Crippen molar-refractivity contribution in [2.45, 2.75) is 0 Å². The van der Waals surface area contributed by atoms with Crippen molar-refractivity contribution in [3.05, 3.63) is 70.3 Å². The molecule has 0 atom stereocenters. The summed E-state index contributed by atoms with van der Waals surface area (Å²) < 4.78 is 0.998. The van der Waals surface area contributed by atoms with E-state index in [1.165, 1.54) is 12.1 Å². The Morgan fingerprint density at radius 1 is 1.14 bits per heavy atom. The summed E-state index contributed by atoms with van der Waals surface area (Å²) in [5.41, 5.74) is 2.14. The second-order valence-corrected chi connectivity index (χ2v) is 5.59. The zero-order valence-corrected chi connectivity index (χ0v) is 12.6. The van der Waals surface area contributed by atoms with Crippen LogP contribution >= 0.6 is 15.9 Å². The number of ketones is 1. The van der Waals surface area contributed by atoms with Crippen molar-refractivity contribution in [1.82, 2.24) is 4.98 Å². The molecule has 0 fully saturated rings. The van der Waals surface area contributed by atoms with Gasteiger partial charge in [-0.1, -0.05) is 34.1 Å². The van der Waals surface area contributed by atoms with Gasteiger partial charge in [-0.25, -0.2) is 0 Å². The van der Waals surface area contributed by atoms with Crippen LogP contribution in [0.5, 0.6) is 5.75 Å². The first-order chi connectivity index (χ1) is 10.1. The summed E-state index contributed by atoms with van der Waals surface area (Å²) >= 11 is 3.42. The minimum absolute atomic E-state index is 0.00673. The third-order valence-electron chi connectivity index (χ3n) is 3.19. The van der Waals surface area contributed by atoms with Crippen LogP contribution in [0.4, 0.5) is 0 Å². The standard InChI is InChI=1S/C17H12BrNO2/c18-12-6-5-11-9-13(19-15(11)10-12)7-8-17(21)14-3-1-2-4-16(14)20/h1-10,19-20H/b8-7+. The first-order valence-electron chi connectivity index (χ1n) is 6.42. The molecule has 0 aliphatic carbocycles. The fourth-order valence-corrected chi connectivity index (χ4v) is 2.51. The van der Waals surface area contributed by atoms with Gasteiger partial charge in [0.15, 0.2) is 5.78 Å². The highest BCUT2D eigenvalue weighted by atomic mass is 79.9. The Balaban J connectivity index is 1.87. The Bertz CT molecular complexity index is 849. The van der Waals surface area contributed by atoms with Crippen LogP contribution in [-0.2, 0) is 0 Å². The lowest BCUT2D eigenvalue weighted by atomic mass is 10.1. The summed E-state index contributed by atoms with van der Waals surface area (Å²) in [6, 6.07) is 14.4. The number of carbonyl (C=O) groups excluding carboxylic acids is 1. The van der Waals surface area contributed by atoms with Crippen molar-refractivity contribution in [2.75, 3.05) is 0 Å². The first-order valence-corrected chi connectivity index (χ1v) is 7.21. The molecule has 3 aromatic rings. The number of hydrogen-bond donors (Lipinski definition) is 2. The number of halogens is 1. The number of allylic oxidation sites excluding steroid dienone is 1. The predicted molar refractivity (Wildman–Crippen MR) is 87.5 cm³/mol. The van der Waals surface area contributed by atoms with Gasteiger partial charge in [-0.05, 0) is 42.5 Å². The summed E-state index contributed by atoms with van der Waals surface area (Å²) in [7, 11) is 0.